The molecule has 28 heavy (non-hydrogen) atoms. The minimum absolute atomic E-state index is 0.203. The zero-order chi connectivity index (χ0) is 19.5. The largest absolute Gasteiger partial charge is 0.340 e. The van der Waals surface area contributed by atoms with Crippen LogP contribution < -0.4 is 11.0 Å². The van der Waals surface area contributed by atoms with Crippen molar-refractivity contribution in [1.29, 1.82) is 0 Å². The van der Waals surface area contributed by atoms with E-state index < -0.39 is 0 Å². The van der Waals surface area contributed by atoms with Crippen LogP contribution in [-0.2, 0) is 6.54 Å². The lowest BCUT2D eigenvalue weighted by Crippen LogP contribution is -2.22. The minimum Gasteiger partial charge on any atom is -0.340 e. The maximum atomic E-state index is 12.5. The summed E-state index contributed by atoms with van der Waals surface area (Å²) in [7, 11) is 0. The highest BCUT2D eigenvalue weighted by Gasteiger charge is 2.09. The number of rotatable bonds is 4. The molecule has 1 N–H and O–H groups in total. The summed E-state index contributed by atoms with van der Waals surface area (Å²) < 4.78 is 3.00. The van der Waals surface area contributed by atoms with Crippen molar-refractivity contribution >= 4 is 22.4 Å². The van der Waals surface area contributed by atoms with Crippen molar-refractivity contribution in [1.82, 2.24) is 19.1 Å². The lowest BCUT2D eigenvalue weighted by molar-refractivity contribution is 0.774. The quantitative estimate of drug-likeness (QED) is 0.565. The van der Waals surface area contributed by atoms with Gasteiger partial charge in [0.15, 0.2) is 0 Å². The van der Waals surface area contributed by atoms with E-state index in [0.717, 1.165) is 22.2 Å². The molecule has 0 aliphatic rings. The highest BCUT2D eigenvalue weighted by molar-refractivity contribution is 5.92. The summed E-state index contributed by atoms with van der Waals surface area (Å²) in [6, 6.07) is 13.0. The lowest BCUT2D eigenvalue weighted by Gasteiger charge is -2.10. The van der Waals surface area contributed by atoms with Crippen molar-refractivity contribution in [2.45, 2.75) is 6.54 Å². The van der Waals surface area contributed by atoms with Gasteiger partial charge in [-0.05, 0) is 36.4 Å². The molecular weight excluding hydrogens is 350 g/mol. The van der Waals surface area contributed by atoms with E-state index in [2.05, 4.69) is 27.1 Å². The van der Waals surface area contributed by atoms with Gasteiger partial charge in [-0.3, -0.25) is 9.13 Å². The number of imidazole rings is 1. The van der Waals surface area contributed by atoms with Gasteiger partial charge in [0.05, 0.1) is 17.7 Å². The highest BCUT2D eigenvalue weighted by Crippen LogP contribution is 2.25. The molecule has 6 heteroatoms. The molecule has 134 valence electrons. The fourth-order valence-corrected chi connectivity index (χ4v) is 2.95. The van der Waals surface area contributed by atoms with Gasteiger partial charge in [-0.15, -0.1) is 12.8 Å². The Balaban J connectivity index is 1.79. The second-order valence-corrected chi connectivity index (χ2v) is 6.06. The molecule has 2 aromatic carbocycles. The fraction of sp³-hybridized carbons (Fsp3) is 0.0455. The smallest absolute Gasteiger partial charge is 0.333 e. The number of nitrogens with zero attached hydrogens (tertiary/aromatic N) is 4. The molecule has 4 rings (SSSR count). The van der Waals surface area contributed by atoms with Crippen LogP contribution in [0.3, 0.4) is 0 Å². The lowest BCUT2D eigenvalue weighted by atomic mass is 10.2. The summed E-state index contributed by atoms with van der Waals surface area (Å²) >= 11 is 0. The average Bonchev–Trinajstić information content (AvgIpc) is 3.09. The van der Waals surface area contributed by atoms with Crippen LogP contribution in [0.2, 0.25) is 0 Å². The Morgan fingerprint density at radius 1 is 1.07 bits per heavy atom. The van der Waals surface area contributed by atoms with Crippen LogP contribution in [0.25, 0.3) is 16.6 Å². The third-order valence-electron chi connectivity index (χ3n) is 4.30. The van der Waals surface area contributed by atoms with Crippen molar-refractivity contribution in [3.63, 3.8) is 0 Å². The summed E-state index contributed by atoms with van der Waals surface area (Å²) in [5.74, 6) is 5.71. The topological polar surface area (TPSA) is 64.7 Å². The molecule has 0 unspecified atom stereocenters. The first-order valence-corrected chi connectivity index (χ1v) is 8.49. The van der Waals surface area contributed by atoms with E-state index in [0.29, 0.717) is 11.5 Å². The third-order valence-corrected chi connectivity index (χ3v) is 4.30. The van der Waals surface area contributed by atoms with Crippen molar-refractivity contribution in [2.24, 2.45) is 0 Å². The standard InChI is InChI=1S/C22H15N5O/c1-3-10-26-11-12-27(22(26)28)18-8-9-20-19(14-18)21(24-15-23-20)25-17-7-5-6-16(4-2)13-17/h1-2,5-9,11-15H,10H2,(H,23,24,25). The van der Waals surface area contributed by atoms with Crippen molar-refractivity contribution in [2.75, 3.05) is 5.32 Å². The summed E-state index contributed by atoms with van der Waals surface area (Å²) in [4.78, 5) is 21.2. The molecule has 2 heterocycles. The number of aromatic nitrogens is 4. The van der Waals surface area contributed by atoms with Gasteiger partial charge in [-0.25, -0.2) is 14.8 Å². The molecule has 0 aliphatic carbocycles. The summed E-state index contributed by atoms with van der Waals surface area (Å²) in [6.45, 7) is 0.223. The third kappa shape index (κ3) is 3.11. The van der Waals surface area contributed by atoms with Gasteiger partial charge >= 0.3 is 5.69 Å². The van der Waals surface area contributed by atoms with E-state index in [9.17, 15) is 4.79 Å². The van der Waals surface area contributed by atoms with Crippen LogP contribution in [-0.4, -0.2) is 19.1 Å². The maximum Gasteiger partial charge on any atom is 0.333 e. The van der Waals surface area contributed by atoms with Gasteiger partial charge in [0, 0.05) is 29.0 Å². The first-order chi connectivity index (χ1) is 13.7. The Morgan fingerprint density at radius 3 is 2.79 bits per heavy atom. The number of terminal acetylenes is 2. The predicted molar refractivity (Wildman–Crippen MR) is 110 cm³/mol. The van der Waals surface area contributed by atoms with Crippen molar-refractivity contribution in [3.05, 3.63) is 77.2 Å². The van der Waals surface area contributed by atoms with Gasteiger partial charge in [0.2, 0.25) is 0 Å². The van der Waals surface area contributed by atoms with Crippen LogP contribution in [0.5, 0.6) is 0 Å². The van der Waals surface area contributed by atoms with Crippen LogP contribution in [0, 0.1) is 24.7 Å². The van der Waals surface area contributed by atoms with Gasteiger partial charge in [-0.2, -0.15) is 0 Å². The van der Waals surface area contributed by atoms with Crippen LogP contribution >= 0.6 is 0 Å². The minimum atomic E-state index is -0.203. The molecule has 0 spiro atoms. The molecule has 0 saturated heterocycles. The SMILES string of the molecule is C#CCn1ccn(-c2ccc3ncnc(Nc4cccc(C#C)c4)c3c2)c1=O. The summed E-state index contributed by atoms with van der Waals surface area (Å²) in [5.41, 5.74) is 2.84. The Bertz CT molecular complexity index is 1320. The number of fused-ring (bicyclic) bond motifs is 1. The summed E-state index contributed by atoms with van der Waals surface area (Å²) in [6.07, 6.45) is 15.6. The van der Waals surface area contributed by atoms with E-state index >= 15 is 0 Å². The number of hydrogen-bond acceptors (Lipinski definition) is 4. The molecule has 4 aromatic rings. The van der Waals surface area contributed by atoms with E-state index in [4.69, 9.17) is 12.8 Å². The zero-order valence-corrected chi connectivity index (χ0v) is 14.8. The van der Waals surface area contributed by atoms with Gasteiger partial charge in [0.25, 0.3) is 0 Å². The number of benzene rings is 2. The molecule has 0 saturated carbocycles. The van der Waals surface area contributed by atoms with Crippen LogP contribution in [0.4, 0.5) is 11.5 Å². The molecular formula is C22H15N5O. The van der Waals surface area contributed by atoms with E-state index in [-0.39, 0.29) is 12.2 Å². The van der Waals surface area contributed by atoms with E-state index in [1.807, 2.05) is 42.5 Å². The monoisotopic (exact) mass is 365 g/mol. The Morgan fingerprint density at radius 2 is 1.96 bits per heavy atom. The summed E-state index contributed by atoms with van der Waals surface area (Å²) in [5, 5.41) is 4.05. The van der Waals surface area contributed by atoms with Crippen LogP contribution in [0.15, 0.2) is 66.0 Å². The fourth-order valence-electron chi connectivity index (χ4n) is 2.95. The maximum absolute atomic E-state index is 12.5. The number of anilines is 2. The van der Waals surface area contributed by atoms with Gasteiger partial charge in [-0.1, -0.05) is 17.9 Å². The second-order valence-electron chi connectivity index (χ2n) is 6.06. The number of hydrogen-bond donors (Lipinski definition) is 1. The van der Waals surface area contributed by atoms with Gasteiger partial charge < -0.3 is 5.32 Å². The first kappa shape index (κ1) is 17.1. The van der Waals surface area contributed by atoms with E-state index in [1.54, 1.807) is 12.4 Å². The average molecular weight is 365 g/mol. The molecule has 0 amide bonds. The molecule has 0 aliphatic heterocycles. The highest BCUT2D eigenvalue weighted by atomic mass is 16.1. The Hall–Kier alpha value is -4.29. The first-order valence-electron chi connectivity index (χ1n) is 8.49. The Labute approximate surface area is 161 Å². The van der Waals surface area contributed by atoms with E-state index in [1.165, 1.54) is 15.5 Å². The normalized spacial score (nSPS) is 10.4. The van der Waals surface area contributed by atoms with Gasteiger partial charge in [0.1, 0.15) is 12.1 Å². The molecule has 0 radical (unpaired) electrons. The predicted octanol–water partition coefficient (Wildman–Crippen LogP) is 2.94. The van der Waals surface area contributed by atoms with Crippen molar-refractivity contribution in [3.8, 4) is 30.4 Å². The Kier molecular flexibility index (Phi) is 4.37. The molecule has 6 nitrogen and oxygen atoms in total. The zero-order valence-electron chi connectivity index (χ0n) is 14.8. The molecule has 0 bridgehead atoms. The van der Waals surface area contributed by atoms with Crippen molar-refractivity contribution < 1.29 is 0 Å². The number of nitrogens with one attached hydrogen (secondary N) is 1. The van der Waals surface area contributed by atoms with Crippen LogP contribution in [0.1, 0.15) is 5.56 Å². The second kappa shape index (κ2) is 7.14. The molecule has 0 fully saturated rings. The molecule has 2 aromatic heterocycles. The molecule has 0 atom stereocenters.